The molecule has 3 aliphatic rings. The fourth-order valence-corrected chi connectivity index (χ4v) is 3.64. The average Bonchev–Trinajstić information content (AvgIpc) is 2.84. The van der Waals surface area contributed by atoms with Crippen LogP contribution < -0.4 is 5.32 Å². The van der Waals surface area contributed by atoms with Crippen LogP contribution in [0.25, 0.3) is 0 Å². The number of hydrogen-bond acceptors (Lipinski definition) is 3. The van der Waals surface area contributed by atoms with Gasteiger partial charge in [-0.05, 0) is 37.3 Å². The molecule has 1 amide bonds. The molecule has 4 nitrogen and oxygen atoms in total. The molecule has 0 spiro atoms. The van der Waals surface area contributed by atoms with Crippen LogP contribution in [0, 0.1) is 0 Å². The minimum absolute atomic E-state index is 0.163. The van der Waals surface area contributed by atoms with Gasteiger partial charge in [0.05, 0.1) is 23.5 Å². The van der Waals surface area contributed by atoms with Crippen LogP contribution in [-0.4, -0.2) is 42.6 Å². The highest BCUT2D eigenvalue weighted by molar-refractivity contribution is 6.00. The number of carbonyl (C=O) groups is 1. The fourth-order valence-electron chi connectivity index (χ4n) is 3.64. The van der Waals surface area contributed by atoms with E-state index in [-0.39, 0.29) is 18.1 Å². The van der Waals surface area contributed by atoms with Crippen molar-refractivity contribution in [2.75, 3.05) is 25.0 Å². The van der Waals surface area contributed by atoms with Gasteiger partial charge in [0.15, 0.2) is 0 Å². The van der Waals surface area contributed by atoms with E-state index in [1.54, 1.807) is 0 Å². The Morgan fingerprint density at radius 2 is 2.05 bits per heavy atom. The summed E-state index contributed by atoms with van der Waals surface area (Å²) in [4.78, 5) is 14.8. The zero-order valence-corrected chi connectivity index (χ0v) is 11.6. The van der Waals surface area contributed by atoms with Crippen molar-refractivity contribution in [2.45, 2.75) is 37.9 Å². The maximum Gasteiger partial charge on any atom is 0.256 e. The molecule has 2 saturated heterocycles. The number of anilines is 1. The first kappa shape index (κ1) is 12.2. The maximum absolute atomic E-state index is 12.8. The van der Waals surface area contributed by atoms with Gasteiger partial charge < -0.3 is 15.0 Å². The molecule has 20 heavy (non-hydrogen) atoms. The summed E-state index contributed by atoms with van der Waals surface area (Å²) in [6.45, 7) is 2.46. The third-order valence-electron chi connectivity index (χ3n) is 4.64. The quantitative estimate of drug-likeness (QED) is 0.850. The molecule has 0 aliphatic carbocycles. The molecular weight excluding hydrogens is 252 g/mol. The summed E-state index contributed by atoms with van der Waals surface area (Å²) >= 11 is 0. The minimum Gasteiger partial charge on any atom is -0.384 e. The van der Waals surface area contributed by atoms with Crippen molar-refractivity contribution in [3.63, 3.8) is 0 Å². The number of ether oxygens (including phenoxy) is 1. The zero-order valence-electron chi connectivity index (χ0n) is 11.6. The Morgan fingerprint density at radius 3 is 2.85 bits per heavy atom. The highest BCUT2D eigenvalue weighted by atomic mass is 16.5. The van der Waals surface area contributed by atoms with Gasteiger partial charge >= 0.3 is 0 Å². The second-order valence-electron chi connectivity index (χ2n) is 6.04. The van der Waals surface area contributed by atoms with Crippen LogP contribution in [0.3, 0.4) is 0 Å². The molecule has 4 heteroatoms. The molecule has 2 bridgehead atoms. The highest BCUT2D eigenvalue weighted by Crippen LogP contribution is 2.30. The first-order valence-electron chi connectivity index (χ1n) is 7.62. The van der Waals surface area contributed by atoms with Gasteiger partial charge in [-0.15, -0.1) is 0 Å². The van der Waals surface area contributed by atoms with Crippen molar-refractivity contribution in [3.05, 3.63) is 29.3 Å². The van der Waals surface area contributed by atoms with Crippen LogP contribution in [0.15, 0.2) is 18.2 Å². The topological polar surface area (TPSA) is 41.6 Å². The molecule has 1 aromatic rings. The molecule has 1 aromatic carbocycles. The SMILES string of the molecule is O=C(c1cccc2c1NCCC2)N1CC2CCC(C1)O2. The second-order valence-corrected chi connectivity index (χ2v) is 6.04. The fraction of sp³-hybridized carbons (Fsp3) is 0.562. The Bertz CT molecular complexity index is 531. The lowest BCUT2D eigenvalue weighted by atomic mass is 9.98. The predicted octanol–water partition coefficient (Wildman–Crippen LogP) is 2.05. The van der Waals surface area contributed by atoms with Crippen LogP contribution in [0.2, 0.25) is 0 Å². The van der Waals surface area contributed by atoms with Gasteiger partial charge in [-0.3, -0.25) is 4.79 Å². The van der Waals surface area contributed by atoms with Gasteiger partial charge in [0, 0.05) is 19.6 Å². The number of fused-ring (bicyclic) bond motifs is 3. The van der Waals surface area contributed by atoms with E-state index >= 15 is 0 Å². The summed E-state index contributed by atoms with van der Waals surface area (Å²) in [7, 11) is 0. The van der Waals surface area contributed by atoms with Gasteiger partial charge in [-0.25, -0.2) is 0 Å². The first-order chi connectivity index (χ1) is 9.81. The molecule has 106 valence electrons. The van der Waals surface area contributed by atoms with Crippen LogP contribution in [0.5, 0.6) is 0 Å². The van der Waals surface area contributed by atoms with Gasteiger partial charge in [-0.2, -0.15) is 0 Å². The number of para-hydroxylation sites is 1. The summed E-state index contributed by atoms with van der Waals surface area (Å²) in [5, 5.41) is 3.41. The van der Waals surface area contributed by atoms with Crippen molar-refractivity contribution in [1.29, 1.82) is 0 Å². The number of likely N-dealkylation sites (tertiary alicyclic amines) is 1. The monoisotopic (exact) mass is 272 g/mol. The van der Waals surface area contributed by atoms with Gasteiger partial charge in [0.2, 0.25) is 0 Å². The highest BCUT2D eigenvalue weighted by Gasteiger charge is 2.36. The number of benzene rings is 1. The molecule has 2 atom stereocenters. The lowest BCUT2D eigenvalue weighted by molar-refractivity contribution is -0.0303. The normalized spacial score (nSPS) is 27.9. The van der Waals surface area contributed by atoms with Gasteiger partial charge in [0.1, 0.15) is 0 Å². The standard InChI is InChI=1S/C16H20N2O2/c19-16(18-9-12-6-7-13(10-18)20-12)14-5-1-3-11-4-2-8-17-15(11)14/h1,3,5,12-13,17H,2,4,6-10H2. The van der Waals surface area contributed by atoms with Gasteiger partial charge in [0.25, 0.3) is 5.91 Å². The Kier molecular flexibility index (Phi) is 2.91. The average molecular weight is 272 g/mol. The zero-order chi connectivity index (χ0) is 13.5. The van der Waals surface area contributed by atoms with E-state index in [1.807, 2.05) is 17.0 Å². The van der Waals surface area contributed by atoms with Crippen LogP contribution in [-0.2, 0) is 11.2 Å². The smallest absolute Gasteiger partial charge is 0.256 e. The van der Waals surface area contributed by atoms with E-state index < -0.39 is 0 Å². The first-order valence-corrected chi connectivity index (χ1v) is 7.62. The third-order valence-corrected chi connectivity index (χ3v) is 4.64. The van der Waals surface area contributed by atoms with Crippen molar-refractivity contribution in [3.8, 4) is 0 Å². The second kappa shape index (κ2) is 4.77. The number of nitrogens with zero attached hydrogens (tertiary/aromatic N) is 1. The van der Waals surface area contributed by atoms with Crippen LogP contribution in [0.1, 0.15) is 35.2 Å². The maximum atomic E-state index is 12.8. The molecule has 3 heterocycles. The Labute approximate surface area is 119 Å². The number of nitrogens with one attached hydrogen (secondary N) is 1. The van der Waals surface area contributed by atoms with Crippen molar-refractivity contribution < 1.29 is 9.53 Å². The minimum atomic E-state index is 0.163. The van der Waals surface area contributed by atoms with E-state index in [9.17, 15) is 4.79 Å². The number of aryl methyl sites for hydroxylation is 1. The molecule has 0 saturated carbocycles. The number of amides is 1. The predicted molar refractivity (Wildman–Crippen MR) is 77.1 cm³/mol. The molecular formula is C16H20N2O2. The van der Waals surface area contributed by atoms with E-state index in [2.05, 4.69) is 11.4 Å². The summed E-state index contributed by atoms with van der Waals surface area (Å²) in [5.74, 6) is 0.163. The summed E-state index contributed by atoms with van der Waals surface area (Å²) < 4.78 is 5.82. The van der Waals surface area contributed by atoms with Crippen LogP contribution >= 0.6 is 0 Å². The molecule has 0 aromatic heterocycles. The van der Waals surface area contributed by atoms with Crippen LogP contribution in [0.4, 0.5) is 5.69 Å². The molecule has 3 aliphatic heterocycles. The van der Waals surface area contributed by atoms with E-state index in [0.717, 1.165) is 56.6 Å². The van der Waals surface area contributed by atoms with Gasteiger partial charge in [-0.1, -0.05) is 12.1 Å². The lowest BCUT2D eigenvalue weighted by Gasteiger charge is -2.33. The van der Waals surface area contributed by atoms with Crippen molar-refractivity contribution >= 4 is 11.6 Å². The molecule has 2 fully saturated rings. The largest absolute Gasteiger partial charge is 0.384 e. The number of rotatable bonds is 1. The summed E-state index contributed by atoms with van der Waals surface area (Å²) in [5.41, 5.74) is 3.17. The van der Waals surface area contributed by atoms with Crippen molar-refractivity contribution in [2.24, 2.45) is 0 Å². The number of morpholine rings is 1. The molecule has 0 radical (unpaired) electrons. The third kappa shape index (κ3) is 1.99. The molecule has 2 unspecified atom stereocenters. The van der Waals surface area contributed by atoms with E-state index in [4.69, 9.17) is 4.74 Å². The molecule has 1 N–H and O–H groups in total. The molecule has 4 rings (SSSR count). The van der Waals surface area contributed by atoms with E-state index in [0.29, 0.717) is 0 Å². The summed E-state index contributed by atoms with van der Waals surface area (Å²) in [6.07, 6.45) is 4.92. The Hall–Kier alpha value is -1.55. The Morgan fingerprint density at radius 1 is 1.25 bits per heavy atom. The van der Waals surface area contributed by atoms with E-state index in [1.165, 1.54) is 5.56 Å². The Balaban J connectivity index is 1.62. The number of carbonyl (C=O) groups excluding carboxylic acids is 1. The summed E-state index contributed by atoms with van der Waals surface area (Å²) in [6, 6.07) is 6.09. The number of hydrogen-bond donors (Lipinski definition) is 1. The van der Waals surface area contributed by atoms with Crippen molar-refractivity contribution in [1.82, 2.24) is 4.90 Å². The lowest BCUT2D eigenvalue weighted by Crippen LogP contribution is -2.46.